The number of rotatable bonds is 3. The summed E-state index contributed by atoms with van der Waals surface area (Å²) in [5, 5.41) is 0. The van der Waals surface area contributed by atoms with Crippen LogP contribution >= 0.6 is 10.7 Å². The standard InChI is InChI=1S/C14H18ClNO4S/c1-10-5-6-13(21(15,18)19)12(8-10)14(17)16-7-3-4-11(9-16)20-2/h5-6,8,11H,3-4,7,9H2,1-2H3. The maximum Gasteiger partial charge on any atom is 0.262 e. The van der Waals surface area contributed by atoms with E-state index in [4.69, 9.17) is 15.4 Å². The van der Waals surface area contributed by atoms with Gasteiger partial charge in [0.15, 0.2) is 0 Å². The second-order valence-electron chi connectivity index (χ2n) is 5.19. The van der Waals surface area contributed by atoms with E-state index in [9.17, 15) is 13.2 Å². The topological polar surface area (TPSA) is 63.7 Å². The van der Waals surface area contributed by atoms with E-state index in [1.165, 1.54) is 6.07 Å². The number of carbonyl (C=O) groups is 1. The van der Waals surface area contributed by atoms with Crippen molar-refractivity contribution in [3.05, 3.63) is 29.3 Å². The van der Waals surface area contributed by atoms with Crippen LogP contribution in [-0.2, 0) is 13.8 Å². The van der Waals surface area contributed by atoms with Gasteiger partial charge in [0.05, 0.1) is 16.6 Å². The van der Waals surface area contributed by atoms with Crippen LogP contribution in [0.25, 0.3) is 0 Å². The van der Waals surface area contributed by atoms with E-state index in [1.807, 2.05) is 0 Å². The van der Waals surface area contributed by atoms with Crippen LogP contribution in [-0.4, -0.2) is 45.5 Å². The summed E-state index contributed by atoms with van der Waals surface area (Å²) in [5.74, 6) is -0.320. The number of likely N-dealkylation sites (tertiary alicyclic amines) is 1. The van der Waals surface area contributed by atoms with Crippen molar-refractivity contribution in [2.24, 2.45) is 0 Å². The van der Waals surface area contributed by atoms with Crippen LogP contribution in [0.3, 0.4) is 0 Å². The number of aryl methyl sites for hydroxylation is 1. The van der Waals surface area contributed by atoms with Gasteiger partial charge in [0.1, 0.15) is 0 Å². The summed E-state index contributed by atoms with van der Waals surface area (Å²) >= 11 is 0. The quantitative estimate of drug-likeness (QED) is 0.796. The van der Waals surface area contributed by atoms with E-state index >= 15 is 0 Å². The Kier molecular flexibility index (Phi) is 4.91. The van der Waals surface area contributed by atoms with Gasteiger partial charge < -0.3 is 9.64 Å². The van der Waals surface area contributed by atoms with Crippen molar-refractivity contribution < 1.29 is 17.9 Å². The molecule has 0 saturated carbocycles. The number of benzene rings is 1. The molecule has 0 radical (unpaired) electrons. The van der Waals surface area contributed by atoms with Crippen molar-refractivity contribution in [3.63, 3.8) is 0 Å². The summed E-state index contributed by atoms with van der Waals surface area (Å²) in [6.45, 7) is 2.86. The monoisotopic (exact) mass is 331 g/mol. The summed E-state index contributed by atoms with van der Waals surface area (Å²) in [6.07, 6.45) is 1.72. The molecule has 0 aromatic heterocycles. The van der Waals surface area contributed by atoms with Gasteiger partial charge in [0.25, 0.3) is 15.0 Å². The van der Waals surface area contributed by atoms with Gasteiger partial charge in [0, 0.05) is 30.9 Å². The summed E-state index contributed by atoms with van der Waals surface area (Å²) < 4.78 is 28.6. The third-order valence-corrected chi connectivity index (χ3v) is 5.01. The zero-order valence-electron chi connectivity index (χ0n) is 12.0. The van der Waals surface area contributed by atoms with Crippen molar-refractivity contribution in [1.82, 2.24) is 4.90 Å². The Hall–Kier alpha value is -1.11. The zero-order valence-corrected chi connectivity index (χ0v) is 13.6. The average Bonchev–Trinajstić information content (AvgIpc) is 2.45. The summed E-state index contributed by atoms with van der Waals surface area (Å²) in [5.41, 5.74) is 0.935. The Labute approximate surface area is 129 Å². The maximum absolute atomic E-state index is 12.6. The Bertz CT molecular complexity index is 644. The number of carbonyl (C=O) groups excluding carboxylic acids is 1. The van der Waals surface area contributed by atoms with Crippen LogP contribution in [0, 0.1) is 6.92 Å². The van der Waals surface area contributed by atoms with Gasteiger partial charge in [-0.3, -0.25) is 4.79 Å². The number of methoxy groups -OCH3 is 1. The van der Waals surface area contributed by atoms with Gasteiger partial charge in [-0.1, -0.05) is 11.6 Å². The van der Waals surface area contributed by atoms with Gasteiger partial charge in [-0.05, 0) is 31.9 Å². The van der Waals surface area contributed by atoms with E-state index in [2.05, 4.69) is 0 Å². The normalized spacial score (nSPS) is 19.6. The lowest BCUT2D eigenvalue weighted by Crippen LogP contribution is -2.43. The third kappa shape index (κ3) is 3.75. The molecular weight excluding hydrogens is 314 g/mol. The first-order valence-electron chi connectivity index (χ1n) is 6.70. The fourth-order valence-corrected chi connectivity index (χ4v) is 3.55. The number of hydrogen-bond donors (Lipinski definition) is 0. The minimum absolute atomic E-state index is 0.0106. The van der Waals surface area contributed by atoms with Crippen molar-refractivity contribution in [3.8, 4) is 0 Å². The van der Waals surface area contributed by atoms with Crippen molar-refractivity contribution in [2.75, 3.05) is 20.2 Å². The first-order chi connectivity index (χ1) is 9.82. The Morgan fingerprint density at radius 1 is 1.43 bits per heavy atom. The molecule has 1 aromatic carbocycles. The number of halogens is 1. The van der Waals surface area contributed by atoms with E-state index < -0.39 is 9.05 Å². The molecule has 1 unspecified atom stereocenters. The molecule has 0 spiro atoms. The van der Waals surface area contributed by atoms with Gasteiger partial charge in [0.2, 0.25) is 0 Å². The lowest BCUT2D eigenvalue weighted by atomic mass is 10.1. The van der Waals surface area contributed by atoms with E-state index in [-0.39, 0.29) is 22.5 Å². The maximum atomic E-state index is 12.6. The van der Waals surface area contributed by atoms with E-state index in [0.29, 0.717) is 13.1 Å². The minimum Gasteiger partial charge on any atom is -0.380 e. The molecule has 0 bridgehead atoms. The largest absolute Gasteiger partial charge is 0.380 e. The van der Waals surface area contributed by atoms with Crippen LogP contribution < -0.4 is 0 Å². The smallest absolute Gasteiger partial charge is 0.262 e. The summed E-state index contributed by atoms with van der Waals surface area (Å²) in [6, 6.07) is 4.57. The van der Waals surface area contributed by atoms with Gasteiger partial charge in [-0.2, -0.15) is 0 Å². The second-order valence-corrected chi connectivity index (χ2v) is 7.72. The summed E-state index contributed by atoms with van der Waals surface area (Å²) in [7, 11) is 3.08. The molecule has 1 aromatic rings. The lowest BCUT2D eigenvalue weighted by molar-refractivity contribution is 0.0267. The first-order valence-corrected chi connectivity index (χ1v) is 9.01. The number of piperidine rings is 1. The molecule has 0 N–H and O–H groups in total. The Morgan fingerprint density at radius 2 is 2.14 bits per heavy atom. The fraction of sp³-hybridized carbons (Fsp3) is 0.500. The van der Waals surface area contributed by atoms with Crippen LogP contribution in [0.4, 0.5) is 0 Å². The molecular formula is C14H18ClNO4S. The van der Waals surface area contributed by atoms with Gasteiger partial charge in [-0.25, -0.2) is 8.42 Å². The third-order valence-electron chi connectivity index (χ3n) is 3.63. The highest BCUT2D eigenvalue weighted by atomic mass is 35.7. The highest BCUT2D eigenvalue weighted by molar-refractivity contribution is 8.13. The van der Waals surface area contributed by atoms with Crippen LogP contribution in [0.15, 0.2) is 23.1 Å². The van der Waals surface area contributed by atoms with Gasteiger partial charge in [-0.15, -0.1) is 0 Å². The number of ether oxygens (including phenoxy) is 1. The molecule has 1 fully saturated rings. The van der Waals surface area contributed by atoms with Crippen LogP contribution in [0.1, 0.15) is 28.8 Å². The Morgan fingerprint density at radius 3 is 2.76 bits per heavy atom. The lowest BCUT2D eigenvalue weighted by Gasteiger charge is -2.32. The molecule has 5 nitrogen and oxygen atoms in total. The molecule has 21 heavy (non-hydrogen) atoms. The van der Waals surface area contributed by atoms with Crippen molar-refractivity contribution in [2.45, 2.75) is 30.8 Å². The molecule has 1 amide bonds. The average molecular weight is 332 g/mol. The number of amides is 1. The highest BCUT2D eigenvalue weighted by Crippen LogP contribution is 2.24. The molecule has 1 saturated heterocycles. The van der Waals surface area contributed by atoms with Crippen molar-refractivity contribution in [1.29, 1.82) is 0 Å². The fourth-order valence-electron chi connectivity index (χ4n) is 2.51. The summed E-state index contributed by atoms with van der Waals surface area (Å²) in [4.78, 5) is 14.1. The molecule has 116 valence electrons. The van der Waals surface area contributed by atoms with E-state index in [0.717, 1.165) is 18.4 Å². The predicted molar refractivity (Wildman–Crippen MR) is 80.2 cm³/mol. The molecule has 7 heteroatoms. The highest BCUT2D eigenvalue weighted by Gasteiger charge is 2.28. The minimum atomic E-state index is -3.96. The zero-order chi connectivity index (χ0) is 15.6. The molecule has 1 aliphatic rings. The SMILES string of the molecule is COC1CCCN(C(=O)c2cc(C)ccc2S(=O)(=O)Cl)C1. The molecule has 1 atom stereocenters. The van der Waals surface area contributed by atoms with Crippen molar-refractivity contribution >= 4 is 25.6 Å². The molecule has 1 heterocycles. The number of hydrogen-bond acceptors (Lipinski definition) is 4. The predicted octanol–water partition coefficient (Wildman–Crippen LogP) is 2.17. The molecule has 1 aliphatic heterocycles. The molecule has 2 rings (SSSR count). The van der Waals surface area contributed by atoms with Gasteiger partial charge >= 0.3 is 0 Å². The van der Waals surface area contributed by atoms with Crippen LogP contribution in [0.5, 0.6) is 0 Å². The van der Waals surface area contributed by atoms with E-state index in [1.54, 1.807) is 31.1 Å². The Balaban J connectivity index is 2.37. The first kappa shape index (κ1) is 16.3. The van der Waals surface area contributed by atoms with Crippen LogP contribution in [0.2, 0.25) is 0 Å². The molecule has 0 aliphatic carbocycles. The number of nitrogens with zero attached hydrogens (tertiary/aromatic N) is 1. The second kappa shape index (κ2) is 6.34.